The molecule has 26 heavy (non-hydrogen) atoms. The molecule has 3 rings (SSSR count). The zero-order valence-corrected chi connectivity index (χ0v) is 16.3. The van der Waals surface area contributed by atoms with Gasteiger partial charge in [0, 0.05) is 36.1 Å². The van der Waals surface area contributed by atoms with E-state index in [1.807, 2.05) is 13.0 Å². The van der Waals surface area contributed by atoms with Crippen LogP contribution in [0.4, 0.5) is 4.39 Å². The molecule has 1 fully saturated rings. The van der Waals surface area contributed by atoms with Crippen LogP contribution in [0.1, 0.15) is 37.4 Å². The second kappa shape index (κ2) is 7.76. The van der Waals surface area contributed by atoms with Gasteiger partial charge in [0.15, 0.2) is 0 Å². The quantitative estimate of drug-likeness (QED) is 0.789. The fourth-order valence-corrected chi connectivity index (χ4v) is 4.33. The lowest BCUT2D eigenvalue weighted by Crippen LogP contribution is -2.50. The van der Waals surface area contributed by atoms with E-state index in [2.05, 4.69) is 6.92 Å². The highest BCUT2D eigenvalue weighted by Crippen LogP contribution is 2.24. The zero-order chi connectivity index (χ0) is 18.8. The van der Waals surface area contributed by atoms with Gasteiger partial charge in [-0.1, -0.05) is 18.5 Å². The fraction of sp³-hybridized carbons (Fsp3) is 0.368. The number of thiophene rings is 1. The third-order valence-electron chi connectivity index (χ3n) is 4.57. The number of carbonyl (C=O) groups is 2. The van der Waals surface area contributed by atoms with E-state index in [0.717, 1.165) is 16.9 Å². The lowest BCUT2D eigenvalue weighted by molar-refractivity contribution is 0.0535. The zero-order valence-electron chi connectivity index (χ0n) is 14.7. The Balaban J connectivity index is 1.66. The summed E-state index contributed by atoms with van der Waals surface area (Å²) in [6.07, 6.45) is 0.914. The second-order valence-electron chi connectivity index (χ2n) is 6.28. The number of hydrogen-bond donors (Lipinski definition) is 0. The first-order valence-corrected chi connectivity index (χ1v) is 9.73. The van der Waals surface area contributed by atoms with Gasteiger partial charge in [-0.2, -0.15) is 0 Å². The summed E-state index contributed by atoms with van der Waals surface area (Å²) in [5.74, 6) is -0.977. The van der Waals surface area contributed by atoms with Crippen LogP contribution < -0.4 is 0 Å². The number of hydrogen-bond acceptors (Lipinski definition) is 3. The Bertz CT molecular complexity index is 844. The summed E-state index contributed by atoms with van der Waals surface area (Å²) in [4.78, 5) is 30.5. The molecular formula is C19H20ClFN2O2S. The predicted molar refractivity (Wildman–Crippen MR) is 102 cm³/mol. The number of rotatable bonds is 3. The SMILES string of the molecule is CCc1sc(C(=O)N2CCN(C(=O)c3cc(Cl)ccc3F)CC2)cc1C. The van der Waals surface area contributed by atoms with Crippen LogP contribution in [-0.2, 0) is 6.42 Å². The smallest absolute Gasteiger partial charge is 0.264 e. The van der Waals surface area contributed by atoms with Gasteiger partial charge < -0.3 is 9.80 Å². The average molecular weight is 395 g/mol. The standard InChI is InChI=1S/C19H20ClFN2O2S/c1-3-16-12(2)10-17(26-16)19(25)23-8-6-22(7-9-23)18(24)14-11-13(20)4-5-15(14)21/h4-5,10-11H,3,6-9H2,1-2H3. The minimum Gasteiger partial charge on any atom is -0.335 e. The lowest BCUT2D eigenvalue weighted by Gasteiger charge is -2.34. The first-order chi connectivity index (χ1) is 12.4. The molecule has 0 bridgehead atoms. The van der Waals surface area contributed by atoms with Gasteiger partial charge in [0.2, 0.25) is 0 Å². The molecule has 0 aliphatic carbocycles. The summed E-state index contributed by atoms with van der Waals surface area (Å²) in [5, 5.41) is 0.323. The van der Waals surface area contributed by atoms with E-state index in [9.17, 15) is 14.0 Å². The van der Waals surface area contributed by atoms with Gasteiger partial charge in [-0.25, -0.2) is 4.39 Å². The number of piperazine rings is 1. The van der Waals surface area contributed by atoms with E-state index in [1.165, 1.54) is 34.4 Å². The van der Waals surface area contributed by atoms with Gasteiger partial charge in [0.05, 0.1) is 10.4 Å². The van der Waals surface area contributed by atoms with Gasteiger partial charge in [0.1, 0.15) is 5.82 Å². The van der Waals surface area contributed by atoms with Crippen molar-refractivity contribution in [2.45, 2.75) is 20.3 Å². The molecule has 2 heterocycles. The fourth-order valence-electron chi connectivity index (χ4n) is 3.08. The molecule has 1 aliphatic rings. The Morgan fingerprint density at radius 2 is 1.73 bits per heavy atom. The molecule has 0 saturated carbocycles. The van der Waals surface area contributed by atoms with Crippen LogP contribution in [0.2, 0.25) is 5.02 Å². The van der Waals surface area contributed by atoms with Crippen LogP contribution in [-0.4, -0.2) is 47.8 Å². The highest BCUT2D eigenvalue weighted by molar-refractivity contribution is 7.14. The van der Waals surface area contributed by atoms with Gasteiger partial charge in [-0.05, 0) is 43.2 Å². The van der Waals surface area contributed by atoms with E-state index in [0.29, 0.717) is 31.2 Å². The van der Waals surface area contributed by atoms with Crippen LogP contribution >= 0.6 is 22.9 Å². The molecule has 0 unspecified atom stereocenters. The van der Waals surface area contributed by atoms with Gasteiger partial charge >= 0.3 is 0 Å². The molecular weight excluding hydrogens is 375 g/mol. The van der Waals surface area contributed by atoms with Crippen molar-refractivity contribution in [3.63, 3.8) is 0 Å². The number of aryl methyl sites for hydroxylation is 2. The molecule has 2 amide bonds. The number of benzene rings is 1. The van der Waals surface area contributed by atoms with Crippen molar-refractivity contribution < 1.29 is 14.0 Å². The van der Waals surface area contributed by atoms with Crippen molar-refractivity contribution in [3.05, 3.63) is 56.0 Å². The molecule has 1 aliphatic heterocycles. The summed E-state index contributed by atoms with van der Waals surface area (Å²) < 4.78 is 13.9. The average Bonchev–Trinajstić information content (AvgIpc) is 3.03. The summed E-state index contributed by atoms with van der Waals surface area (Å²) >= 11 is 7.40. The summed E-state index contributed by atoms with van der Waals surface area (Å²) in [6.45, 7) is 5.72. The minimum absolute atomic E-state index is 0.00108. The van der Waals surface area contributed by atoms with Crippen LogP contribution in [0.3, 0.4) is 0 Å². The van der Waals surface area contributed by atoms with Crippen molar-refractivity contribution in [2.24, 2.45) is 0 Å². The van der Waals surface area contributed by atoms with E-state index in [-0.39, 0.29) is 11.5 Å². The molecule has 7 heteroatoms. The molecule has 0 spiro atoms. The molecule has 4 nitrogen and oxygen atoms in total. The van der Waals surface area contributed by atoms with Crippen LogP contribution in [0.25, 0.3) is 0 Å². The lowest BCUT2D eigenvalue weighted by atomic mass is 10.1. The summed E-state index contributed by atoms with van der Waals surface area (Å²) in [7, 11) is 0. The van der Waals surface area contributed by atoms with Crippen molar-refractivity contribution in [1.82, 2.24) is 9.80 Å². The largest absolute Gasteiger partial charge is 0.335 e. The summed E-state index contributed by atoms with van der Waals surface area (Å²) in [6, 6.07) is 5.89. The minimum atomic E-state index is -0.584. The molecule has 138 valence electrons. The molecule has 0 N–H and O–H groups in total. The van der Waals surface area contributed by atoms with Crippen molar-refractivity contribution in [1.29, 1.82) is 0 Å². The number of amides is 2. The van der Waals surface area contributed by atoms with Crippen molar-refractivity contribution in [3.8, 4) is 0 Å². The Morgan fingerprint density at radius 3 is 2.31 bits per heavy atom. The first-order valence-electron chi connectivity index (χ1n) is 8.53. The number of halogens is 2. The van der Waals surface area contributed by atoms with E-state index >= 15 is 0 Å². The molecule has 1 saturated heterocycles. The maximum Gasteiger partial charge on any atom is 0.264 e. The molecule has 0 radical (unpaired) electrons. The summed E-state index contributed by atoms with van der Waals surface area (Å²) in [5.41, 5.74) is 1.12. The highest BCUT2D eigenvalue weighted by atomic mass is 35.5. The van der Waals surface area contributed by atoms with Crippen LogP contribution in [0, 0.1) is 12.7 Å². The Kier molecular flexibility index (Phi) is 5.63. The van der Waals surface area contributed by atoms with Crippen LogP contribution in [0.5, 0.6) is 0 Å². The topological polar surface area (TPSA) is 40.6 Å². The Morgan fingerprint density at radius 1 is 1.12 bits per heavy atom. The van der Waals surface area contributed by atoms with E-state index in [1.54, 1.807) is 9.80 Å². The highest BCUT2D eigenvalue weighted by Gasteiger charge is 2.27. The molecule has 0 atom stereocenters. The van der Waals surface area contributed by atoms with Gasteiger partial charge in [0.25, 0.3) is 11.8 Å². The Labute approximate surface area is 161 Å². The van der Waals surface area contributed by atoms with E-state index < -0.39 is 11.7 Å². The van der Waals surface area contributed by atoms with E-state index in [4.69, 9.17) is 11.6 Å². The predicted octanol–water partition coefficient (Wildman–Crippen LogP) is 4.01. The maximum atomic E-state index is 13.9. The van der Waals surface area contributed by atoms with Crippen molar-refractivity contribution >= 4 is 34.8 Å². The number of carbonyl (C=O) groups excluding carboxylic acids is 2. The molecule has 1 aromatic heterocycles. The monoisotopic (exact) mass is 394 g/mol. The number of nitrogens with zero attached hydrogens (tertiary/aromatic N) is 2. The molecule has 1 aromatic carbocycles. The third-order valence-corrected chi connectivity index (χ3v) is 6.17. The van der Waals surface area contributed by atoms with Gasteiger partial charge in [-0.3, -0.25) is 9.59 Å². The normalized spacial score (nSPS) is 14.6. The van der Waals surface area contributed by atoms with Gasteiger partial charge in [-0.15, -0.1) is 11.3 Å². The van der Waals surface area contributed by atoms with Crippen LogP contribution in [0.15, 0.2) is 24.3 Å². The van der Waals surface area contributed by atoms with Crippen molar-refractivity contribution in [2.75, 3.05) is 26.2 Å². The first kappa shape index (κ1) is 18.9. The Hall–Kier alpha value is -1.92. The second-order valence-corrected chi connectivity index (χ2v) is 7.85. The third kappa shape index (κ3) is 3.76. The molecule has 2 aromatic rings. The maximum absolute atomic E-state index is 13.9.